The molecule has 1 fully saturated rings. The van der Waals surface area contributed by atoms with Crippen LogP contribution < -0.4 is 5.32 Å². The number of carbonyl (C=O) groups excluding carboxylic acids is 1. The van der Waals surface area contributed by atoms with E-state index in [-0.39, 0.29) is 28.3 Å². The third kappa shape index (κ3) is 3.21. The second-order valence-electron chi connectivity index (χ2n) is 4.62. The maximum Gasteiger partial charge on any atom is 0.282 e. The summed E-state index contributed by atoms with van der Waals surface area (Å²) in [5.74, 6) is -0.284. The summed E-state index contributed by atoms with van der Waals surface area (Å²) in [6.07, 6.45) is 1.01. The summed E-state index contributed by atoms with van der Waals surface area (Å²) in [4.78, 5) is 22.1. The van der Waals surface area contributed by atoms with Crippen LogP contribution in [0, 0.1) is 16.0 Å². The van der Waals surface area contributed by atoms with Crippen LogP contribution in [0.15, 0.2) is 18.2 Å². The van der Waals surface area contributed by atoms with Gasteiger partial charge in [-0.1, -0.05) is 11.6 Å². The van der Waals surface area contributed by atoms with Crippen LogP contribution in [0.5, 0.6) is 0 Å². The lowest BCUT2D eigenvalue weighted by molar-refractivity contribution is -0.385. The zero-order valence-electron chi connectivity index (χ0n) is 10.0. The third-order valence-corrected chi connectivity index (χ3v) is 3.40. The third-order valence-electron chi connectivity index (χ3n) is 3.16. The monoisotopic (exact) mass is 284 g/mol. The van der Waals surface area contributed by atoms with Crippen molar-refractivity contribution in [1.82, 2.24) is 5.32 Å². The highest BCUT2D eigenvalue weighted by Crippen LogP contribution is 2.27. The van der Waals surface area contributed by atoms with Crippen molar-refractivity contribution in [2.75, 3.05) is 6.54 Å². The second kappa shape index (κ2) is 5.54. The predicted molar refractivity (Wildman–Crippen MR) is 69.2 cm³/mol. The van der Waals surface area contributed by atoms with E-state index in [9.17, 15) is 14.9 Å². The van der Waals surface area contributed by atoms with Crippen LogP contribution in [-0.4, -0.2) is 28.6 Å². The van der Waals surface area contributed by atoms with Gasteiger partial charge in [-0.3, -0.25) is 14.9 Å². The van der Waals surface area contributed by atoms with E-state index in [0.717, 1.165) is 0 Å². The number of nitrogens with zero attached hydrogens (tertiary/aromatic N) is 1. The van der Waals surface area contributed by atoms with Crippen LogP contribution in [0.2, 0.25) is 5.02 Å². The summed E-state index contributed by atoms with van der Waals surface area (Å²) < 4.78 is 0. The molecule has 0 atom stereocenters. The van der Waals surface area contributed by atoms with E-state index in [0.29, 0.717) is 19.4 Å². The number of benzene rings is 1. The van der Waals surface area contributed by atoms with Crippen LogP contribution in [0.4, 0.5) is 5.69 Å². The van der Waals surface area contributed by atoms with Crippen LogP contribution in [0.1, 0.15) is 23.2 Å². The zero-order valence-corrected chi connectivity index (χ0v) is 10.8. The number of nitrogens with one attached hydrogen (secondary N) is 1. The summed E-state index contributed by atoms with van der Waals surface area (Å²) in [7, 11) is 0. The van der Waals surface area contributed by atoms with Crippen molar-refractivity contribution in [2.24, 2.45) is 5.92 Å². The standard InChI is InChI=1S/C12H13ClN2O4/c13-8-1-2-11(15(18)19)10(5-8)12(17)14-6-7-3-9(16)4-7/h1-2,5,7,9,16H,3-4,6H2,(H,14,17). The fourth-order valence-corrected chi connectivity index (χ4v) is 2.22. The molecule has 1 aromatic rings. The van der Waals surface area contributed by atoms with E-state index in [1.54, 1.807) is 0 Å². The van der Waals surface area contributed by atoms with Crippen molar-refractivity contribution >= 4 is 23.2 Å². The maximum atomic E-state index is 11.9. The van der Waals surface area contributed by atoms with Gasteiger partial charge in [0.25, 0.3) is 11.6 Å². The number of nitro benzene ring substituents is 1. The van der Waals surface area contributed by atoms with E-state index >= 15 is 0 Å². The molecule has 1 aliphatic rings. The lowest BCUT2D eigenvalue weighted by Gasteiger charge is -2.31. The quantitative estimate of drug-likeness (QED) is 0.651. The largest absolute Gasteiger partial charge is 0.393 e. The smallest absolute Gasteiger partial charge is 0.282 e. The molecule has 0 heterocycles. The number of hydrogen-bond donors (Lipinski definition) is 2. The summed E-state index contributed by atoms with van der Waals surface area (Å²) in [5, 5.41) is 22.9. The van der Waals surface area contributed by atoms with Gasteiger partial charge in [-0.2, -0.15) is 0 Å². The molecule has 0 saturated heterocycles. The predicted octanol–water partition coefficient (Wildman–Crippen LogP) is 1.75. The fourth-order valence-electron chi connectivity index (χ4n) is 2.05. The fraction of sp³-hybridized carbons (Fsp3) is 0.417. The van der Waals surface area contributed by atoms with Crippen molar-refractivity contribution < 1.29 is 14.8 Å². The maximum absolute atomic E-state index is 11.9. The first-order valence-corrected chi connectivity index (χ1v) is 6.25. The topological polar surface area (TPSA) is 92.5 Å². The molecule has 1 amide bonds. The van der Waals surface area contributed by atoms with Crippen molar-refractivity contribution in [3.05, 3.63) is 38.9 Å². The molecule has 102 valence electrons. The van der Waals surface area contributed by atoms with Crippen molar-refractivity contribution in [3.63, 3.8) is 0 Å². The number of aliphatic hydroxyl groups excluding tert-OH is 1. The summed E-state index contributed by atoms with van der Waals surface area (Å²) in [6, 6.07) is 3.87. The number of carbonyl (C=O) groups is 1. The lowest BCUT2D eigenvalue weighted by atomic mass is 9.82. The van der Waals surface area contributed by atoms with E-state index in [2.05, 4.69) is 5.32 Å². The highest BCUT2D eigenvalue weighted by molar-refractivity contribution is 6.31. The summed E-state index contributed by atoms with van der Waals surface area (Å²) >= 11 is 5.75. The molecule has 19 heavy (non-hydrogen) atoms. The average molecular weight is 285 g/mol. The summed E-state index contributed by atoms with van der Waals surface area (Å²) in [6.45, 7) is 0.402. The minimum absolute atomic E-state index is 0.0441. The van der Waals surface area contributed by atoms with Gasteiger partial charge >= 0.3 is 0 Å². The van der Waals surface area contributed by atoms with Crippen molar-refractivity contribution in [1.29, 1.82) is 0 Å². The number of halogens is 1. The molecule has 1 saturated carbocycles. The number of rotatable bonds is 4. The van der Waals surface area contributed by atoms with Gasteiger partial charge in [0.15, 0.2) is 0 Å². The van der Waals surface area contributed by atoms with Gasteiger partial charge in [-0.15, -0.1) is 0 Å². The van der Waals surface area contributed by atoms with Crippen LogP contribution in [0.3, 0.4) is 0 Å². The molecule has 7 heteroatoms. The molecule has 2 N–H and O–H groups in total. The van der Waals surface area contributed by atoms with E-state index in [1.807, 2.05) is 0 Å². The van der Waals surface area contributed by atoms with E-state index in [4.69, 9.17) is 16.7 Å². The van der Waals surface area contributed by atoms with Crippen LogP contribution in [0.25, 0.3) is 0 Å². The zero-order chi connectivity index (χ0) is 14.0. The Labute approximate surface area is 114 Å². The Hall–Kier alpha value is -1.66. The molecule has 1 aliphatic carbocycles. The molecular formula is C12H13ClN2O4. The molecule has 0 aromatic heterocycles. The Morgan fingerprint density at radius 2 is 2.21 bits per heavy atom. The highest BCUT2D eigenvalue weighted by atomic mass is 35.5. The number of nitro groups is 1. The first-order valence-electron chi connectivity index (χ1n) is 5.87. The second-order valence-corrected chi connectivity index (χ2v) is 5.06. The molecule has 0 spiro atoms. The van der Waals surface area contributed by atoms with Gasteiger partial charge in [0.05, 0.1) is 11.0 Å². The number of aliphatic hydroxyl groups is 1. The number of amides is 1. The SMILES string of the molecule is O=C(NCC1CC(O)C1)c1cc(Cl)ccc1[N+](=O)[O-]. The Bertz CT molecular complexity index is 514. The van der Waals surface area contributed by atoms with Gasteiger partial charge in [0.1, 0.15) is 5.56 Å². The minimum atomic E-state index is -0.613. The molecule has 0 aliphatic heterocycles. The Kier molecular flexibility index (Phi) is 4.01. The highest BCUT2D eigenvalue weighted by Gasteiger charge is 2.28. The van der Waals surface area contributed by atoms with Crippen molar-refractivity contribution in [2.45, 2.75) is 18.9 Å². The van der Waals surface area contributed by atoms with E-state index < -0.39 is 10.8 Å². The minimum Gasteiger partial charge on any atom is -0.393 e. The molecular weight excluding hydrogens is 272 g/mol. The molecule has 2 rings (SSSR count). The molecule has 0 bridgehead atoms. The van der Waals surface area contributed by atoms with E-state index in [1.165, 1.54) is 18.2 Å². The van der Waals surface area contributed by atoms with Gasteiger partial charge in [0, 0.05) is 17.6 Å². The Morgan fingerprint density at radius 1 is 1.53 bits per heavy atom. The van der Waals surface area contributed by atoms with Gasteiger partial charge < -0.3 is 10.4 Å². The number of hydrogen-bond acceptors (Lipinski definition) is 4. The average Bonchev–Trinajstić information content (AvgIpc) is 2.32. The Balaban J connectivity index is 2.05. The summed E-state index contributed by atoms with van der Waals surface area (Å²) in [5.41, 5.74) is -0.312. The van der Waals surface area contributed by atoms with Gasteiger partial charge in [0.2, 0.25) is 0 Å². The first kappa shape index (κ1) is 13.8. The lowest BCUT2D eigenvalue weighted by Crippen LogP contribution is -2.38. The van der Waals surface area contributed by atoms with Gasteiger partial charge in [-0.25, -0.2) is 0 Å². The first-order chi connectivity index (χ1) is 8.97. The molecule has 0 radical (unpaired) electrons. The normalized spacial score (nSPS) is 21.6. The molecule has 6 nitrogen and oxygen atoms in total. The molecule has 1 aromatic carbocycles. The molecule has 0 unspecified atom stereocenters. The van der Waals surface area contributed by atoms with Gasteiger partial charge in [-0.05, 0) is 30.9 Å². The van der Waals surface area contributed by atoms with Crippen LogP contribution >= 0.6 is 11.6 Å². The van der Waals surface area contributed by atoms with Crippen LogP contribution in [-0.2, 0) is 0 Å². The Morgan fingerprint density at radius 3 is 2.79 bits per heavy atom. The van der Waals surface area contributed by atoms with Crippen molar-refractivity contribution in [3.8, 4) is 0 Å².